The maximum Gasteiger partial charge on any atom is 0.325 e. The van der Waals surface area contributed by atoms with Gasteiger partial charge in [-0.05, 0) is 6.07 Å². The lowest BCUT2D eigenvalue weighted by Gasteiger charge is -2.18. The number of halogens is 1. The van der Waals surface area contributed by atoms with Crippen LogP contribution in [0, 0.1) is 0 Å². The predicted molar refractivity (Wildman–Crippen MR) is 48.0 cm³/mol. The molecule has 1 aliphatic rings. The van der Waals surface area contributed by atoms with Crippen LogP contribution < -0.4 is 5.32 Å². The highest BCUT2D eigenvalue weighted by atomic mass is 35.5. The van der Waals surface area contributed by atoms with E-state index in [-0.39, 0.29) is 12.4 Å². The van der Waals surface area contributed by atoms with Gasteiger partial charge in [0.05, 0.1) is 6.26 Å². The van der Waals surface area contributed by atoms with E-state index in [0.717, 1.165) is 17.7 Å². The van der Waals surface area contributed by atoms with Crippen molar-refractivity contribution in [1.29, 1.82) is 0 Å². The number of hydrogen-bond donors (Lipinski definition) is 2. The van der Waals surface area contributed by atoms with Gasteiger partial charge < -0.3 is 14.8 Å². The van der Waals surface area contributed by atoms with Crippen molar-refractivity contribution in [2.24, 2.45) is 0 Å². The van der Waals surface area contributed by atoms with E-state index >= 15 is 0 Å². The van der Waals surface area contributed by atoms with Crippen LogP contribution in [0.2, 0.25) is 0 Å². The first-order valence-electron chi connectivity index (χ1n) is 3.81. The molecular weight excluding hydrogens is 194 g/mol. The summed E-state index contributed by atoms with van der Waals surface area (Å²) in [4.78, 5) is 10.7. The third-order valence-corrected chi connectivity index (χ3v) is 2.04. The highest BCUT2D eigenvalue weighted by Crippen LogP contribution is 2.23. The van der Waals surface area contributed by atoms with Gasteiger partial charge in [-0.25, -0.2) is 0 Å². The molecule has 13 heavy (non-hydrogen) atoms. The fourth-order valence-corrected chi connectivity index (χ4v) is 1.47. The minimum Gasteiger partial charge on any atom is -0.480 e. The van der Waals surface area contributed by atoms with Crippen LogP contribution >= 0.6 is 12.4 Å². The largest absolute Gasteiger partial charge is 0.480 e. The lowest BCUT2D eigenvalue weighted by molar-refractivity contribution is -0.139. The number of furan rings is 1. The van der Waals surface area contributed by atoms with Gasteiger partial charge in [0.15, 0.2) is 0 Å². The molecule has 1 aromatic rings. The van der Waals surface area contributed by atoms with Gasteiger partial charge in [-0.2, -0.15) is 0 Å². The molecule has 2 heterocycles. The number of aliphatic carboxylic acids is 1. The standard InChI is InChI=1S/C8H9NO3.ClH/c10-8(11)7-5-2-4-12-6(5)1-3-9-7;/h2,4,7,9H,1,3H2,(H,10,11);1H. The molecule has 2 N–H and O–H groups in total. The highest BCUT2D eigenvalue weighted by Gasteiger charge is 2.27. The number of rotatable bonds is 1. The van der Waals surface area contributed by atoms with E-state index in [0.29, 0.717) is 6.54 Å². The number of fused-ring (bicyclic) bond motifs is 1. The van der Waals surface area contributed by atoms with E-state index in [2.05, 4.69) is 5.32 Å². The van der Waals surface area contributed by atoms with Gasteiger partial charge in [-0.3, -0.25) is 4.79 Å². The second kappa shape index (κ2) is 3.81. The van der Waals surface area contributed by atoms with Gasteiger partial charge in [0.25, 0.3) is 0 Å². The Hall–Kier alpha value is -1.00. The Labute approximate surface area is 81.3 Å². The molecule has 1 aromatic heterocycles. The minimum atomic E-state index is -0.850. The summed E-state index contributed by atoms with van der Waals surface area (Å²) in [7, 11) is 0. The van der Waals surface area contributed by atoms with Gasteiger partial charge >= 0.3 is 5.97 Å². The van der Waals surface area contributed by atoms with Crippen LogP contribution in [0.5, 0.6) is 0 Å². The van der Waals surface area contributed by atoms with Crippen molar-refractivity contribution in [3.63, 3.8) is 0 Å². The summed E-state index contributed by atoms with van der Waals surface area (Å²) in [6.07, 6.45) is 2.31. The average Bonchev–Trinajstić information content (AvgIpc) is 2.49. The maximum atomic E-state index is 10.7. The second-order valence-corrected chi connectivity index (χ2v) is 2.77. The summed E-state index contributed by atoms with van der Waals surface area (Å²) in [5.74, 6) is -0.0569. The predicted octanol–water partition coefficient (Wildman–Crippen LogP) is 0.973. The lowest BCUT2D eigenvalue weighted by Crippen LogP contribution is -2.34. The monoisotopic (exact) mass is 203 g/mol. The molecule has 4 nitrogen and oxygen atoms in total. The number of nitrogens with one attached hydrogen (secondary N) is 1. The molecule has 1 atom stereocenters. The van der Waals surface area contributed by atoms with Crippen LogP contribution in [0.1, 0.15) is 17.4 Å². The van der Waals surface area contributed by atoms with Crippen molar-refractivity contribution in [2.45, 2.75) is 12.5 Å². The van der Waals surface area contributed by atoms with Crippen LogP contribution in [0.3, 0.4) is 0 Å². The summed E-state index contributed by atoms with van der Waals surface area (Å²) < 4.78 is 5.13. The Kier molecular flexibility index (Phi) is 2.95. The molecule has 0 spiro atoms. The Morgan fingerprint density at radius 2 is 2.46 bits per heavy atom. The molecule has 0 amide bonds. The quantitative estimate of drug-likeness (QED) is 0.714. The zero-order valence-electron chi connectivity index (χ0n) is 6.82. The Morgan fingerprint density at radius 1 is 1.69 bits per heavy atom. The summed E-state index contributed by atoms with van der Waals surface area (Å²) in [5.41, 5.74) is 0.758. The summed E-state index contributed by atoms with van der Waals surface area (Å²) in [5, 5.41) is 11.7. The van der Waals surface area contributed by atoms with Crippen LogP contribution in [-0.2, 0) is 11.2 Å². The zero-order valence-corrected chi connectivity index (χ0v) is 7.63. The van der Waals surface area contributed by atoms with E-state index in [4.69, 9.17) is 9.52 Å². The number of carboxylic acids is 1. The number of carbonyl (C=O) groups is 1. The second-order valence-electron chi connectivity index (χ2n) is 2.77. The third-order valence-electron chi connectivity index (χ3n) is 2.04. The fourth-order valence-electron chi connectivity index (χ4n) is 1.47. The van der Waals surface area contributed by atoms with E-state index in [9.17, 15) is 4.79 Å². The lowest BCUT2D eigenvalue weighted by atomic mass is 10.0. The van der Waals surface area contributed by atoms with Gasteiger partial charge in [-0.15, -0.1) is 12.4 Å². The van der Waals surface area contributed by atoms with Crippen molar-refractivity contribution in [2.75, 3.05) is 6.54 Å². The minimum absolute atomic E-state index is 0. The zero-order chi connectivity index (χ0) is 8.55. The molecule has 72 valence electrons. The van der Waals surface area contributed by atoms with Crippen LogP contribution in [0.4, 0.5) is 0 Å². The van der Waals surface area contributed by atoms with Crippen LogP contribution in [-0.4, -0.2) is 17.6 Å². The summed E-state index contributed by atoms with van der Waals surface area (Å²) in [6, 6.07) is 1.12. The van der Waals surface area contributed by atoms with Gasteiger partial charge in [0.2, 0.25) is 0 Å². The Balaban J connectivity index is 0.000000845. The SMILES string of the molecule is Cl.O=C(O)C1NCCc2occc21. The normalized spacial score (nSPS) is 20.2. The maximum absolute atomic E-state index is 10.7. The first-order chi connectivity index (χ1) is 5.79. The topological polar surface area (TPSA) is 62.5 Å². The van der Waals surface area contributed by atoms with E-state index in [1.807, 2.05) is 0 Å². The first kappa shape index (κ1) is 10.1. The van der Waals surface area contributed by atoms with E-state index < -0.39 is 12.0 Å². The summed E-state index contributed by atoms with van der Waals surface area (Å²) >= 11 is 0. The van der Waals surface area contributed by atoms with Crippen molar-refractivity contribution >= 4 is 18.4 Å². The molecule has 0 bridgehead atoms. The number of hydrogen-bond acceptors (Lipinski definition) is 3. The van der Waals surface area contributed by atoms with Crippen LogP contribution in [0.15, 0.2) is 16.7 Å². The van der Waals surface area contributed by atoms with E-state index in [1.165, 1.54) is 6.26 Å². The third kappa shape index (κ3) is 1.68. The number of carboxylic acid groups (broad SMARTS) is 1. The molecule has 0 aliphatic carbocycles. The molecule has 0 radical (unpaired) electrons. The fraction of sp³-hybridized carbons (Fsp3) is 0.375. The van der Waals surface area contributed by atoms with Crippen molar-refractivity contribution < 1.29 is 14.3 Å². The van der Waals surface area contributed by atoms with Crippen molar-refractivity contribution in [3.05, 3.63) is 23.7 Å². The van der Waals surface area contributed by atoms with Gasteiger partial charge in [0.1, 0.15) is 11.8 Å². The first-order valence-corrected chi connectivity index (χ1v) is 3.81. The molecule has 0 saturated carbocycles. The van der Waals surface area contributed by atoms with Crippen LogP contribution in [0.25, 0.3) is 0 Å². The molecule has 0 saturated heterocycles. The molecule has 2 rings (SSSR count). The molecule has 0 aromatic carbocycles. The van der Waals surface area contributed by atoms with Gasteiger partial charge in [0, 0.05) is 18.5 Å². The molecule has 1 unspecified atom stereocenters. The average molecular weight is 204 g/mol. The molecule has 5 heteroatoms. The molecule has 0 fully saturated rings. The van der Waals surface area contributed by atoms with Crippen molar-refractivity contribution in [1.82, 2.24) is 5.32 Å². The smallest absolute Gasteiger partial charge is 0.325 e. The Bertz CT molecular complexity index is 310. The molecular formula is C8H10ClNO3. The molecule has 1 aliphatic heterocycles. The summed E-state index contributed by atoms with van der Waals surface area (Å²) in [6.45, 7) is 0.664. The van der Waals surface area contributed by atoms with Gasteiger partial charge in [-0.1, -0.05) is 0 Å². The highest BCUT2D eigenvalue weighted by molar-refractivity contribution is 5.85. The Morgan fingerprint density at radius 3 is 3.15 bits per heavy atom. The van der Waals surface area contributed by atoms with E-state index in [1.54, 1.807) is 6.07 Å². The van der Waals surface area contributed by atoms with Crippen molar-refractivity contribution in [3.8, 4) is 0 Å².